The summed E-state index contributed by atoms with van der Waals surface area (Å²) in [6.45, 7) is 3.42. The number of rotatable bonds is 8. The van der Waals surface area contributed by atoms with Crippen molar-refractivity contribution in [2.75, 3.05) is 13.1 Å². The minimum absolute atomic E-state index is 0.107. The van der Waals surface area contributed by atoms with E-state index in [-0.39, 0.29) is 17.2 Å². The van der Waals surface area contributed by atoms with E-state index in [2.05, 4.69) is 18.1 Å². The first-order valence-electron chi connectivity index (χ1n) is 13.1. The number of allylic oxidation sites excluding steroid dienone is 1. The van der Waals surface area contributed by atoms with Crippen LogP contribution >= 0.6 is 0 Å². The summed E-state index contributed by atoms with van der Waals surface area (Å²) < 4.78 is 44.0. The SMILES string of the molecule is C[C@]12Cc3cnn(-c4ccc(F)cc4)c3C=C1CC[C@@H]2CN(CC1CC1)S(=O)(=O)C=Cc1ccccc1. The molecule has 0 aliphatic heterocycles. The normalized spacial score (nSPS) is 23.3. The Morgan fingerprint density at radius 2 is 1.84 bits per heavy atom. The van der Waals surface area contributed by atoms with Gasteiger partial charge < -0.3 is 0 Å². The molecule has 3 aliphatic rings. The molecule has 0 radical (unpaired) electrons. The molecule has 3 aliphatic carbocycles. The first kappa shape index (κ1) is 24.3. The molecule has 0 saturated heterocycles. The maximum Gasteiger partial charge on any atom is 0.236 e. The molecule has 0 amide bonds. The van der Waals surface area contributed by atoms with Crippen LogP contribution in [-0.2, 0) is 16.4 Å². The average Bonchev–Trinajstić information content (AvgIpc) is 3.54. The Morgan fingerprint density at radius 1 is 1.08 bits per heavy atom. The van der Waals surface area contributed by atoms with Crippen LogP contribution in [0.3, 0.4) is 0 Å². The van der Waals surface area contributed by atoms with Gasteiger partial charge in [-0.15, -0.1) is 0 Å². The molecule has 2 atom stereocenters. The van der Waals surface area contributed by atoms with E-state index in [9.17, 15) is 12.8 Å². The molecule has 0 spiro atoms. The number of nitrogens with zero attached hydrogens (tertiary/aromatic N) is 3. The molecule has 2 aromatic carbocycles. The second-order valence-electron chi connectivity index (χ2n) is 11.0. The smallest absolute Gasteiger partial charge is 0.233 e. The van der Waals surface area contributed by atoms with E-state index in [1.165, 1.54) is 23.1 Å². The highest BCUT2D eigenvalue weighted by Crippen LogP contribution is 2.53. The highest BCUT2D eigenvalue weighted by atomic mass is 32.2. The van der Waals surface area contributed by atoms with E-state index < -0.39 is 10.0 Å². The van der Waals surface area contributed by atoms with Gasteiger partial charge in [0.25, 0.3) is 0 Å². The van der Waals surface area contributed by atoms with Crippen LogP contribution in [0.5, 0.6) is 0 Å². The summed E-state index contributed by atoms with van der Waals surface area (Å²) in [5, 5.41) is 6.00. The zero-order chi connectivity index (χ0) is 25.6. The van der Waals surface area contributed by atoms with Crippen molar-refractivity contribution in [3.8, 4) is 5.69 Å². The first-order valence-corrected chi connectivity index (χ1v) is 14.6. The van der Waals surface area contributed by atoms with Gasteiger partial charge in [0.2, 0.25) is 10.0 Å². The number of aromatic nitrogens is 2. The third kappa shape index (κ3) is 4.82. The van der Waals surface area contributed by atoms with Gasteiger partial charge in [0.1, 0.15) is 5.82 Å². The molecule has 1 aromatic heterocycles. The van der Waals surface area contributed by atoms with E-state index in [4.69, 9.17) is 0 Å². The van der Waals surface area contributed by atoms with Crippen LogP contribution in [0.4, 0.5) is 4.39 Å². The van der Waals surface area contributed by atoms with Gasteiger partial charge in [0.15, 0.2) is 0 Å². The summed E-state index contributed by atoms with van der Waals surface area (Å²) >= 11 is 0. The highest BCUT2D eigenvalue weighted by molar-refractivity contribution is 7.92. The van der Waals surface area contributed by atoms with Gasteiger partial charge >= 0.3 is 0 Å². The fourth-order valence-electron chi connectivity index (χ4n) is 5.95. The quantitative estimate of drug-likeness (QED) is 0.364. The summed E-state index contributed by atoms with van der Waals surface area (Å²) in [6.07, 6.45) is 10.8. The molecule has 0 N–H and O–H groups in total. The lowest BCUT2D eigenvalue weighted by Gasteiger charge is -2.38. The maximum absolute atomic E-state index is 13.5. The number of fused-ring (bicyclic) bond motifs is 2. The lowest BCUT2D eigenvalue weighted by atomic mass is 9.70. The van der Waals surface area contributed by atoms with Crippen molar-refractivity contribution in [2.24, 2.45) is 17.3 Å². The molecule has 192 valence electrons. The fraction of sp³-hybridized carbons (Fsp3) is 0.367. The predicted octanol–water partition coefficient (Wildman–Crippen LogP) is 6.08. The summed E-state index contributed by atoms with van der Waals surface area (Å²) in [7, 11) is -3.54. The molecule has 2 fully saturated rings. The molecule has 7 heteroatoms. The Kier molecular flexibility index (Phi) is 6.16. The lowest BCUT2D eigenvalue weighted by molar-refractivity contribution is 0.219. The van der Waals surface area contributed by atoms with Gasteiger partial charge in [-0.1, -0.05) is 42.8 Å². The summed E-state index contributed by atoms with van der Waals surface area (Å²) in [6, 6.07) is 16.0. The lowest BCUT2D eigenvalue weighted by Crippen LogP contribution is -2.41. The van der Waals surface area contributed by atoms with Crippen LogP contribution in [0.25, 0.3) is 17.8 Å². The molecule has 2 saturated carbocycles. The summed E-state index contributed by atoms with van der Waals surface area (Å²) in [4.78, 5) is 0. The molecular weight excluding hydrogens is 485 g/mol. The zero-order valence-corrected chi connectivity index (χ0v) is 21.9. The topological polar surface area (TPSA) is 55.2 Å². The van der Waals surface area contributed by atoms with Crippen molar-refractivity contribution >= 4 is 22.2 Å². The van der Waals surface area contributed by atoms with Gasteiger partial charge in [-0.2, -0.15) is 9.40 Å². The zero-order valence-electron chi connectivity index (χ0n) is 21.1. The minimum atomic E-state index is -3.54. The van der Waals surface area contributed by atoms with Crippen LogP contribution in [0.2, 0.25) is 0 Å². The van der Waals surface area contributed by atoms with Crippen molar-refractivity contribution < 1.29 is 12.8 Å². The van der Waals surface area contributed by atoms with E-state index in [0.29, 0.717) is 19.0 Å². The standard InChI is InChI=1S/C30H32FN3O2S/c1-30-18-24-19-32-34(28-13-11-27(31)12-14-28)29(24)17-25(30)9-10-26(30)21-33(20-23-7-8-23)37(35,36)16-15-22-5-3-2-4-6-22/h2-6,11-17,19,23,26H,7-10,18,20-21H2,1H3/t26-,30+/m1/s1. The third-order valence-electron chi connectivity index (χ3n) is 8.40. The molecule has 37 heavy (non-hydrogen) atoms. The van der Waals surface area contributed by atoms with Gasteiger partial charge in [-0.25, -0.2) is 17.5 Å². The number of halogens is 1. The highest BCUT2D eigenvalue weighted by Gasteiger charge is 2.47. The van der Waals surface area contributed by atoms with Crippen molar-refractivity contribution in [1.29, 1.82) is 0 Å². The van der Waals surface area contributed by atoms with Gasteiger partial charge in [0, 0.05) is 18.5 Å². The van der Waals surface area contributed by atoms with E-state index in [1.54, 1.807) is 22.5 Å². The van der Waals surface area contributed by atoms with Gasteiger partial charge in [-0.05, 0) is 96.9 Å². The Bertz CT molecular complexity index is 1460. The first-order chi connectivity index (χ1) is 17.8. The maximum atomic E-state index is 13.5. The van der Waals surface area contributed by atoms with Crippen molar-refractivity contribution in [3.05, 3.63) is 94.4 Å². The van der Waals surface area contributed by atoms with Gasteiger partial charge in [-0.3, -0.25) is 0 Å². The third-order valence-corrected chi connectivity index (χ3v) is 9.90. The predicted molar refractivity (Wildman–Crippen MR) is 145 cm³/mol. The second-order valence-corrected chi connectivity index (χ2v) is 12.8. The summed E-state index contributed by atoms with van der Waals surface area (Å²) in [5.74, 6) is 0.439. The van der Waals surface area contributed by atoms with Crippen LogP contribution in [0, 0.1) is 23.1 Å². The Balaban J connectivity index is 1.25. The number of hydrogen-bond donors (Lipinski definition) is 0. The summed E-state index contributed by atoms with van der Waals surface area (Å²) in [5.41, 5.74) is 5.18. The Labute approximate surface area is 218 Å². The van der Waals surface area contributed by atoms with Crippen LogP contribution in [-0.4, -0.2) is 35.6 Å². The van der Waals surface area contributed by atoms with Crippen LogP contribution < -0.4 is 0 Å². The Morgan fingerprint density at radius 3 is 2.57 bits per heavy atom. The van der Waals surface area contributed by atoms with E-state index >= 15 is 0 Å². The van der Waals surface area contributed by atoms with E-state index in [1.807, 2.05) is 41.2 Å². The molecule has 0 unspecified atom stereocenters. The molecule has 3 aromatic rings. The monoisotopic (exact) mass is 517 g/mol. The molecule has 6 rings (SSSR count). The van der Waals surface area contributed by atoms with Crippen molar-refractivity contribution in [3.63, 3.8) is 0 Å². The van der Waals surface area contributed by atoms with Crippen molar-refractivity contribution in [2.45, 2.75) is 39.0 Å². The molecule has 5 nitrogen and oxygen atoms in total. The molecule has 1 heterocycles. The molecule has 0 bridgehead atoms. The minimum Gasteiger partial charge on any atom is -0.233 e. The number of sulfonamides is 1. The Hall–Kier alpha value is -3.03. The van der Waals surface area contributed by atoms with Crippen LogP contribution in [0.1, 0.15) is 49.4 Å². The number of hydrogen-bond acceptors (Lipinski definition) is 3. The van der Waals surface area contributed by atoms with Crippen LogP contribution in [0.15, 0.2) is 71.8 Å². The average molecular weight is 518 g/mol. The number of benzene rings is 2. The van der Waals surface area contributed by atoms with Gasteiger partial charge in [0.05, 0.1) is 17.6 Å². The molecular formula is C30H32FN3O2S. The van der Waals surface area contributed by atoms with Crippen molar-refractivity contribution in [1.82, 2.24) is 14.1 Å². The largest absolute Gasteiger partial charge is 0.236 e. The van der Waals surface area contributed by atoms with E-state index in [0.717, 1.165) is 54.6 Å². The second kappa shape index (κ2) is 9.37. The fourth-order valence-corrected chi connectivity index (χ4v) is 7.25.